The minimum absolute atomic E-state index is 0.0359. The average Bonchev–Trinajstić information content (AvgIpc) is 3.81. The molecule has 0 saturated heterocycles. The lowest BCUT2D eigenvalue weighted by atomic mass is 9.93. The van der Waals surface area contributed by atoms with Gasteiger partial charge in [-0.15, -0.1) is 0 Å². The zero-order chi connectivity index (χ0) is 47.2. The molecule has 3 N–H and O–H groups in total. The molecule has 3 aromatic heterocycles. The monoisotopic (exact) mass is 951 g/mol. The van der Waals surface area contributed by atoms with E-state index in [9.17, 15) is 48.9 Å². The molecule has 0 aliphatic heterocycles. The van der Waals surface area contributed by atoms with Crippen LogP contribution in [0.15, 0.2) is 42.5 Å². The number of hydrogen-bond donors (Lipinski definition) is 2. The number of anilines is 1. The summed E-state index contributed by atoms with van der Waals surface area (Å²) in [5, 5.41) is 9.54. The van der Waals surface area contributed by atoms with Crippen LogP contribution in [0.5, 0.6) is 0 Å². The van der Waals surface area contributed by atoms with Crippen LogP contribution in [0.3, 0.4) is 0 Å². The molecule has 0 saturated carbocycles. The zero-order valence-corrected chi connectivity index (χ0v) is 35.9. The third-order valence-corrected chi connectivity index (χ3v) is 11.7. The molecule has 24 heteroatoms. The Kier molecular flexibility index (Phi) is 13.8. The molecular formula is C40H40ClF10N9O3S. The number of nitrogens with zero attached hydrogens (tertiary/aromatic N) is 7. The van der Waals surface area contributed by atoms with Crippen LogP contribution in [0.25, 0.3) is 22.0 Å². The van der Waals surface area contributed by atoms with Crippen molar-refractivity contribution in [2.45, 2.75) is 76.9 Å². The number of aromatic nitrogens is 5. The van der Waals surface area contributed by atoms with E-state index in [1.165, 1.54) is 31.3 Å². The van der Waals surface area contributed by atoms with Gasteiger partial charge in [-0.2, -0.15) is 49.6 Å². The maximum atomic E-state index is 15.4. The summed E-state index contributed by atoms with van der Waals surface area (Å²) in [4.78, 5) is 33.5. The van der Waals surface area contributed by atoms with Crippen LogP contribution in [-0.4, -0.2) is 78.2 Å². The highest BCUT2D eigenvalue weighted by molar-refractivity contribution is 7.86. The Morgan fingerprint density at radius 2 is 1.69 bits per heavy atom. The van der Waals surface area contributed by atoms with Crippen LogP contribution in [-0.2, 0) is 60.2 Å². The summed E-state index contributed by atoms with van der Waals surface area (Å²) < 4.78 is 160. The normalized spacial score (nSPS) is 15.9. The van der Waals surface area contributed by atoms with Crippen molar-refractivity contribution in [3.63, 3.8) is 0 Å². The van der Waals surface area contributed by atoms with Gasteiger partial charge in [0.25, 0.3) is 5.92 Å². The van der Waals surface area contributed by atoms with Crippen LogP contribution in [0.2, 0.25) is 5.02 Å². The second kappa shape index (κ2) is 18.3. The number of rotatable bonds is 14. The smallest absolute Gasteiger partial charge is 0.346 e. The van der Waals surface area contributed by atoms with Crippen LogP contribution in [0.1, 0.15) is 60.2 Å². The zero-order valence-electron chi connectivity index (χ0n) is 34.4. The summed E-state index contributed by atoms with van der Waals surface area (Å²) >= 11 is 6.68. The Labute approximate surface area is 366 Å². The van der Waals surface area contributed by atoms with Gasteiger partial charge in [0, 0.05) is 54.2 Å². The van der Waals surface area contributed by atoms with Gasteiger partial charge in [-0.05, 0) is 62.1 Å². The largest absolute Gasteiger partial charge is 0.435 e. The SMILES string of the molecule is CCc1ccc(-c2ccc(Cl)c3c(N(C(=O)N(C)CCCN)S(C)=O)nn(CC(F)(F)F)c23)c(C(Cc2cc(F)cc(F)c2)NC(=O)Cn2nc(C(F)(F)F)c3c2C(F)(F)[C@H](C)C3)n1. The van der Waals surface area contributed by atoms with E-state index in [2.05, 4.69) is 20.5 Å². The molecule has 2 unspecified atom stereocenters. The number of hydrogen-bond acceptors (Lipinski definition) is 7. The van der Waals surface area contributed by atoms with Crippen LogP contribution in [0.4, 0.5) is 54.5 Å². The first-order chi connectivity index (χ1) is 29.9. The van der Waals surface area contributed by atoms with E-state index < -0.39 is 113 Å². The minimum atomic E-state index is -5.16. The van der Waals surface area contributed by atoms with E-state index in [0.29, 0.717) is 27.2 Å². The molecule has 3 atom stereocenters. The molecule has 0 radical (unpaired) electrons. The third kappa shape index (κ3) is 9.84. The van der Waals surface area contributed by atoms with Gasteiger partial charge in [0.2, 0.25) is 5.91 Å². The molecule has 0 fully saturated rings. The number of nitrogens with one attached hydrogen (secondary N) is 1. The molecule has 2 aromatic carbocycles. The first-order valence-electron chi connectivity index (χ1n) is 19.5. The van der Waals surface area contributed by atoms with Crippen molar-refractivity contribution in [2.24, 2.45) is 11.7 Å². The number of halogens is 11. The summed E-state index contributed by atoms with van der Waals surface area (Å²) in [7, 11) is -0.901. The molecule has 5 aromatic rings. The third-order valence-electron chi connectivity index (χ3n) is 10.5. The number of nitrogens with two attached hydrogens (primary N) is 1. The lowest BCUT2D eigenvalue weighted by Crippen LogP contribution is -2.43. The Morgan fingerprint density at radius 3 is 2.28 bits per heavy atom. The number of carbonyl (C=O) groups excluding carboxylic acids is 2. The molecule has 6 rings (SSSR count). The Morgan fingerprint density at radius 1 is 1.03 bits per heavy atom. The van der Waals surface area contributed by atoms with Gasteiger partial charge in [-0.3, -0.25) is 19.1 Å². The Balaban J connectivity index is 1.56. The molecule has 3 heterocycles. The fraction of sp³-hybridized carbons (Fsp3) is 0.425. The predicted octanol–water partition coefficient (Wildman–Crippen LogP) is 8.25. The highest BCUT2D eigenvalue weighted by Gasteiger charge is 2.54. The lowest BCUT2D eigenvalue weighted by molar-refractivity contribution is -0.143. The number of pyridine rings is 1. The van der Waals surface area contributed by atoms with E-state index in [-0.39, 0.29) is 62.5 Å². The number of urea groups is 1. The summed E-state index contributed by atoms with van der Waals surface area (Å²) in [5.74, 6) is -9.19. The van der Waals surface area contributed by atoms with E-state index in [1.54, 1.807) is 6.92 Å². The van der Waals surface area contributed by atoms with Crippen molar-refractivity contribution in [1.82, 2.24) is 34.8 Å². The summed E-state index contributed by atoms with van der Waals surface area (Å²) in [6.07, 6.45) is -9.68. The number of fused-ring (bicyclic) bond motifs is 2. The highest BCUT2D eigenvalue weighted by atomic mass is 35.5. The second-order valence-corrected chi connectivity index (χ2v) is 16.8. The van der Waals surface area contributed by atoms with Gasteiger partial charge in [0.1, 0.15) is 41.4 Å². The predicted molar refractivity (Wildman–Crippen MR) is 217 cm³/mol. The van der Waals surface area contributed by atoms with Crippen molar-refractivity contribution in [1.29, 1.82) is 0 Å². The van der Waals surface area contributed by atoms with Gasteiger partial charge in [0.05, 0.1) is 27.7 Å². The molecular weight excluding hydrogens is 912 g/mol. The molecule has 0 bridgehead atoms. The topological polar surface area (TPSA) is 144 Å². The first-order valence-corrected chi connectivity index (χ1v) is 21.4. The van der Waals surface area contributed by atoms with Crippen LogP contribution >= 0.6 is 11.6 Å². The Hall–Kier alpha value is -5.29. The maximum absolute atomic E-state index is 15.4. The van der Waals surface area contributed by atoms with Gasteiger partial charge in [0.15, 0.2) is 11.5 Å². The van der Waals surface area contributed by atoms with Gasteiger partial charge in [-0.1, -0.05) is 37.6 Å². The van der Waals surface area contributed by atoms with E-state index in [1.807, 2.05) is 0 Å². The number of aryl methyl sites for hydroxylation is 1. The standard InChI is InChI=1S/C40H40ClF10N9O3S/c1-5-24-7-8-25(26-9-10-28(41)31-33(26)59(19-38(44,45)46)56-36(31)60(64(4)63)37(62)57(3)12-6-11-52)32(53-24)29(16-21-14-22(42)17-23(43)15-21)54-30(61)18-58-35-27(13-20(2)39(35,47)48)34(55-58)40(49,50)51/h7-10,14-15,17,20,29H,5-6,11-13,16,18-19,52H2,1-4H3,(H,54,61)/t20-,29?,64?/m1/s1. The fourth-order valence-corrected chi connectivity index (χ4v) is 8.61. The number of alkyl halides is 8. The summed E-state index contributed by atoms with van der Waals surface area (Å²) in [5.41, 5.74) is 1.68. The van der Waals surface area contributed by atoms with Crippen molar-refractivity contribution in [3.8, 4) is 11.1 Å². The molecule has 12 nitrogen and oxygen atoms in total. The highest BCUT2D eigenvalue weighted by Crippen LogP contribution is 2.50. The second-order valence-electron chi connectivity index (χ2n) is 15.2. The van der Waals surface area contributed by atoms with E-state index >= 15 is 8.78 Å². The molecule has 0 spiro atoms. The minimum Gasteiger partial charge on any atom is -0.346 e. The number of carbonyl (C=O) groups is 2. The number of amides is 3. The molecule has 1 aliphatic rings. The van der Waals surface area contributed by atoms with Gasteiger partial charge in [-0.25, -0.2) is 17.8 Å². The fourth-order valence-electron chi connectivity index (χ4n) is 7.65. The van der Waals surface area contributed by atoms with Crippen molar-refractivity contribution < 1.29 is 57.7 Å². The molecule has 346 valence electrons. The van der Waals surface area contributed by atoms with E-state index in [4.69, 9.17) is 17.3 Å². The molecule has 64 heavy (non-hydrogen) atoms. The van der Waals surface area contributed by atoms with Crippen molar-refractivity contribution in [2.75, 3.05) is 30.7 Å². The van der Waals surface area contributed by atoms with E-state index in [0.717, 1.165) is 30.2 Å². The quantitative estimate of drug-likeness (QED) is 0.107. The molecule has 3 amide bonds. The summed E-state index contributed by atoms with van der Waals surface area (Å²) in [6, 6.07) is 5.38. The lowest BCUT2D eigenvalue weighted by Gasteiger charge is -2.25. The molecule has 1 aliphatic carbocycles. The maximum Gasteiger partial charge on any atom is 0.435 e. The first kappa shape index (κ1) is 48.2. The average molecular weight is 952 g/mol. The van der Waals surface area contributed by atoms with Crippen LogP contribution < -0.4 is 15.4 Å². The Bertz CT molecular complexity index is 2600. The van der Waals surface area contributed by atoms with Crippen molar-refractivity contribution >= 4 is 51.2 Å². The summed E-state index contributed by atoms with van der Waals surface area (Å²) in [6.45, 7) is 0.00999. The number of benzene rings is 2. The van der Waals surface area contributed by atoms with Crippen molar-refractivity contribution in [3.05, 3.63) is 93.0 Å². The van der Waals surface area contributed by atoms with Crippen LogP contribution in [0, 0.1) is 17.6 Å². The van der Waals surface area contributed by atoms with Gasteiger partial charge >= 0.3 is 18.4 Å². The van der Waals surface area contributed by atoms with Gasteiger partial charge < -0.3 is 16.0 Å².